The van der Waals surface area contributed by atoms with Gasteiger partial charge in [0.25, 0.3) is 5.91 Å². The molecule has 4 nitrogen and oxygen atoms in total. The first kappa shape index (κ1) is 18.2. The van der Waals surface area contributed by atoms with Crippen LogP contribution >= 0.6 is 11.3 Å². The molecule has 4 aromatic rings. The second-order valence-electron chi connectivity index (χ2n) is 6.44. The van der Waals surface area contributed by atoms with Crippen LogP contribution in [0, 0.1) is 0 Å². The molecule has 0 fully saturated rings. The molecule has 0 bridgehead atoms. The average Bonchev–Trinajstić information content (AvgIpc) is 3.43. The van der Waals surface area contributed by atoms with Crippen LogP contribution in [-0.2, 0) is 6.54 Å². The summed E-state index contributed by atoms with van der Waals surface area (Å²) in [4.78, 5) is 16.3. The van der Waals surface area contributed by atoms with Crippen LogP contribution < -0.4 is 0 Å². The zero-order valence-electron chi connectivity index (χ0n) is 15.7. The first-order valence-electron chi connectivity index (χ1n) is 9.29. The molecular weight excluding hydrogens is 366 g/mol. The van der Waals surface area contributed by atoms with Crippen LogP contribution in [0.1, 0.15) is 23.0 Å². The largest absolute Gasteiger partial charge is 0.333 e. The van der Waals surface area contributed by atoms with Crippen LogP contribution in [0.2, 0.25) is 0 Å². The maximum atomic E-state index is 13.4. The first-order chi connectivity index (χ1) is 13.8. The Hall–Kier alpha value is -3.18. The highest BCUT2D eigenvalue weighted by Gasteiger charge is 2.22. The van der Waals surface area contributed by atoms with E-state index in [0.717, 1.165) is 21.8 Å². The molecule has 0 aliphatic carbocycles. The van der Waals surface area contributed by atoms with Gasteiger partial charge in [0.2, 0.25) is 0 Å². The lowest BCUT2D eigenvalue weighted by molar-refractivity contribution is 0.0743. The molecule has 2 aromatic heterocycles. The summed E-state index contributed by atoms with van der Waals surface area (Å²) < 4.78 is 1.76. The van der Waals surface area contributed by atoms with Gasteiger partial charge in [0.15, 0.2) is 0 Å². The number of hydrogen-bond donors (Lipinski definition) is 0. The maximum Gasteiger partial charge on any atom is 0.272 e. The molecule has 5 heteroatoms. The SMILES string of the molecule is CCN(Cc1ccccc1)C(=O)c1cc(-c2cccs2)nn1-c1ccccc1. The molecule has 0 saturated carbocycles. The number of aromatic nitrogens is 2. The highest BCUT2D eigenvalue weighted by Crippen LogP contribution is 2.26. The van der Waals surface area contributed by atoms with E-state index in [1.54, 1.807) is 16.0 Å². The predicted octanol–water partition coefficient (Wildman–Crippen LogP) is 5.26. The summed E-state index contributed by atoms with van der Waals surface area (Å²) in [5.74, 6) is -0.0227. The molecule has 0 aliphatic rings. The van der Waals surface area contributed by atoms with E-state index in [4.69, 9.17) is 5.10 Å². The molecule has 140 valence electrons. The topological polar surface area (TPSA) is 38.1 Å². The Labute approximate surface area is 168 Å². The van der Waals surface area contributed by atoms with Crippen LogP contribution in [0.25, 0.3) is 16.3 Å². The Morgan fingerprint density at radius 2 is 1.71 bits per heavy atom. The molecule has 2 heterocycles. The summed E-state index contributed by atoms with van der Waals surface area (Å²) in [6.07, 6.45) is 0. The number of rotatable bonds is 6. The number of carbonyl (C=O) groups excluding carboxylic acids is 1. The molecule has 4 rings (SSSR count). The van der Waals surface area contributed by atoms with Gasteiger partial charge in [-0.3, -0.25) is 4.79 Å². The van der Waals surface area contributed by atoms with Gasteiger partial charge in [-0.1, -0.05) is 54.6 Å². The quantitative estimate of drug-likeness (QED) is 0.452. The normalized spacial score (nSPS) is 10.8. The van der Waals surface area contributed by atoms with Crippen LogP contribution in [0.3, 0.4) is 0 Å². The number of thiophene rings is 1. The summed E-state index contributed by atoms with van der Waals surface area (Å²) in [5, 5.41) is 6.77. The number of amides is 1. The van der Waals surface area contributed by atoms with Gasteiger partial charge in [0.05, 0.1) is 10.6 Å². The lowest BCUT2D eigenvalue weighted by Gasteiger charge is -2.21. The van der Waals surface area contributed by atoms with Crippen LogP contribution in [0.15, 0.2) is 84.2 Å². The molecule has 0 N–H and O–H groups in total. The third kappa shape index (κ3) is 3.75. The van der Waals surface area contributed by atoms with E-state index in [-0.39, 0.29) is 5.91 Å². The fourth-order valence-electron chi connectivity index (χ4n) is 3.14. The van der Waals surface area contributed by atoms with E-state index in [1.807, 2.05) is 96.1 Å². The van der Waals surface area contributed by atoms with Crippen molar-refractivity contribution in [2.75, 3.05) is 6.54 Å². The standard InChI is InChI=1S/C23H21N3OS/c1-2-25(17-18-10-5-3-6-11-18)23(27)21-16-20(22-14-9-15-28-22)24-26(21)19-12-7-4-8-13-19/h3-16H,2,17H2,1H3. The summed E-state index contributed by atoms with van der Waals surface area (Å²) in [6, 6.07) is 25.8. The molecule has 0 radical (unpaired) electrons. The zero-order chi connectivity index (χ0) is 19.3. The Morgan fingerprint density at radius 1 is 1.00 bits per heavy atom. The Balaban J connectivity index is 1.73. The van der Waals surface area contributed by atoms with Crippen LogP contribution in [-0.4, -0.2) is 27.1 Å². The summed E-state index contributed by atoms with van der Waals surface area (Å²) in [5.41, 5.74) is 3.39. The molecule has 2 aromatic carbocycles. The lowest BCUT2D eigenvalue weighted by Crippen LogP contribution is -2.31. The molecule has 0 saturated heterocycles. The second kappa shape index (κ2) is 8.23. The summed E-state index contributed by atoms with van der Waals surface area (Å²) in [6.45, 7) is 3.21. The van der Waals surface area contributed by atoms with Gasteiger partial charge in [-0.25, -0.2) is 4.68 Å². The van der Waals surface area contributed by atoms with Crippen molar-refractivity contribution >= 4 is 17.2 Å². The highest BCUT2D eigenvalue weighted by molar-refractivity contribution is 7.13. The van der Waals surface area contributed by atoms with E-state index in [9.17, 15) is 4.79 Å². The molecule has 0 atom stereocenters. The average molecular weight is 388 g/mol. The van der Waals surface area contributed by atoms with Gasteiger partial charge in [0, 0.05) is 13.1 Å². The van der Waals surface area contributed by atoms with Gasteiger partial charge in [-0.05, 0) is 42.1 Å². The van der Waals surface area contributed by atoms with Crippen LogP contribution in [0.4, 0.5) is 0 Å². The van der Waals surface area contributed by atoms with E-state index in [2.05, 4.69) is 0 Å². The fraction of sp³-hybridized carbons (Fsp3) is 0.130. The van der Waals surface area contributed by atoms with Crippen molar-refractivity contribution in [3.8, 4) is 16.3 Å². The highest BCUT2D eigenvalue weighted by atomic mass is 32.1. The van der Waals surface area contributed by atoms with Gasteiger partial charge in [-0.2, -0.15) is 5.10 Å². The van der Waals surface area contributed by atoms with Crippen molar-refractivity contribution in [1.29, 1.82) is 0 Å². The maximum absolute atomic E-state index is 13.4. The smallest absolute Gasteiger partial charge is 0.272 e. The predicted molar refractivity (Wildman–Crippen MR) is 114 cm³/mol. The van der Waals surface area contributed by atoms with E-state index in [0.29, 0.717) is 18.8 Å². The molecular formula is C23H21N3OS. The summed E-state index contributed by atoms with van der Waals surface area (Å²) >= 11 is 1.62. The zero-order valence-corrected chi connectivity index (χ0v) is 16.5. The van der Waals surface area contributed by atoms with E-state index < -0.39 is 0 Å². The Kier molecular flexibility index (Phi) is 5.35. The minimum absolute atomic E-state index is 0.0227. The van der Waals surface area contributed by atoms with Gasteiger partial charge in [0.1, 0.15) is 11.4 Å². The minimum atomic E-state index is -0.0227. The van der Waals surface area contributed by atoms with Crippen LogP contribution in [0.5, 0.6) is 0 Å². The molecule has 1 amide bonds. The number of para-hydroxylation sites is 1. The monoisotopic (exact) mass is 387 g/mol. The van der Waals surface area contributed by atoms with Crippen molar-refractivity contribution in [2.45, 2.75) is 13.5 Å². The minimum Gasteiger partial charge on any atom is -0.333 e. The molecule has 0 aliphatic heterocycles. The van der Waals surface area contributed by atoms with E-state index in [1.165, 1.54) is 0 Å². The van der Waals surface area contributed by atoms with Gasteiger partial charge < -0.3 is 4.90 Å². The molecule has 0 spiro atoms. The van der Waals surface area contributed by atoms with Crippen molar-refractivity contribution in [2.24, 2.45) is 0 Å². The number of benzene rings is 2. The summed E-state index contributed by atoms with van der Waals surface area (Å²) in [7, 11) is 0. The van der Waals surface area contributed by atoms with Crippen molar-refractivity contribution in [3.05, 3.63) is 95.5 Å². The first-order valence-corrected chi connectivity index (χ1v) is 10.2. The van der Waals surface area contributed by atoms with Gasteiger partial charge in [-0.15, -0.1) is 11.3 Å². The number of carbonyl (C=O) groups is 1. The third-order valence-electron chi connectivity index (χ3n) is 4.59. The number of nitrogens with zero attached hydrogens (tertiary/aromatic N) is 3. The van der Waals surface area contributed by atoms with Crippen molar-refractivity contribution < 1.29 is 4.79 Å². The molecule has 28 heavy (non-hydrogen) atoms. The third-order valence-corrected chi connectivity index (χ3v) is 5.48. The van der Waals surface area contributed by atoms with Crippen molar-refractivity contribution in [3.63, 3.8) is 0 Å². The Bertz CT molecular complexity index is 1040. The Morgan fingerprint density at radius 3 is 2.36 bits per heavy atom. The van der Waals surface area contributed by atoms with Gasteiger partial charge >= 0.3 is 0 Å². The molecule has 0 unspecified atom stereocenters. The second-order valence-corrected chi connectivity index (χ2v) is 7.39. The fourth-order valence-corrected chi connectivity index (χ4v) is 3.82. The number of hydrogen-bond acceptors (Lipinski definition) is 3. The van der Waals surface area contributed by atoms with E-state index >= 15 is 0 Å². The van der Waals surface area contributed by atoms with Crippen molar-refractivity contribution in [1.82, 2.24) is 14.7 Å². The lowest BCUT2D eigenvalue weighted by atomic mass is 10.2.